The third-order valence-corrected chi connectivity index (χ3v) is 0.163. The van der Waals surface area contributed by atoms with E-state index in [1.54, 1.807) is 0 Å². The molecule has 0 aliphatic rings. The van der Waals surface area contributed by atoms with Crippen molar-refractivity contribution >= 4 is 0 Å². The van der Waals surface area contributed by atoms with E-state index in [1.165, 1.54) is 0 Å². The summed E-state index contributed by atoms with van der Waals surface area (Å²) in [5.41, 5.74) is 0. The molecule has 6 heavy (non-hydrogen) atoms. The molecule has 0 saturated carbocycles. The highest BCUT2D eigenvalue weighted by Gasteiger charge is 1.85. The van der Waals surface area contributed by atoms with E-state index in [0.717, 1.165) is 6.19 Å². The maximum atomic E-state index is 7.67. The van der Waals surface area contributed by atoms with Crippen LogP contribution in [-0.4, -0.2) is 15.7 Å². The summed E-state index contributed by atoms with van der Waals surface area (Å²) in [6.07, 6.45) is 1.03. The van der Waals surface area contributed by atoms with E-state index in [9.17, 15) is 0 Å². The van der Waals surface area contributed by atoms with E-state index in [0.29, 0.717) is 0 Å². The molecule has 0 unspecified atom stereocenters. The zero-order valence-electron chi connectivity index (χ0n) is 2.70. The summed E-state index contributed by atoms with van der Waals surface area (Å²) >= 11 is 0. The minimum Gasteiger partial charge on any atom is -0.253 e. The highest BCUT2D eigenvalue weighted by Crippen LogP contribution is 1.68. The Morgan fingerprint density at radius 1 is 1.83 bits per heavy atom. The summed E-state index contributed by atoms with van der Waals surface area (Å²) in [4.78, 5) is 2.93. The summed E-state index contributed by atoms with van der Waals surface area (Å²) in [7, 11) is 0. The normalized spacial score (nSPS) is 6.83. The molecule has 0 fully saturated rings. The number of hydroxylamine groups is 2. The molecule has 0 spiro atoms. The first-order chi connectivity index (χ1) is 2.81. The maximum Gasteiger partial charge on any atom is 0.237 e. The Balaban J connectivity index is 3.04. The van der Waals surface area contributed by atoms with Crippen molar-refractivity contribution in [2.24, 2.45) is 0 Å². The van der Waals surface area contributed by atoms with Crippen molar-refractivity contribution in [3.8, 4) is 6.19 Å². The molecule has 0 atom stereocenters. The summed E-state index contributed by atoms with van der Waals surface area (Å²) in [6, 6.07) is 0. The first kappa shape index (κ1) is 5.17. The van der Waals surface area contributed by atoms with Gasteiger partial charge in [0.15, 0.2) is 0 Å². The lowest BCUT2D eigenvalue weighted by molar-refractivity contribution is -0.465. The van der Waals surface area contributed by atoms with Crippen molar-refractivity contribution in [1.82, 2.24) is 5.23 Å². The van der Waals surface area contributed by atoms with Crippen LogP contribution in [0, 0.1) is 11.5 Å². The fourth-order valence-electron chi connectivity index (χ4n) is 0.0183. The molecule has 0 aromatic rings. The molecule has 5 heteroatoms. The Bertz CT molecular complexity index is 65.7. The lowest BCUT2D eigenvalue weighted by Crippen LogP contribution is -2.08. The molecule has 0 aromatic carbocycles. The topological polar surface area (TPSA) is 76.7 Å². The number of hydrogen-bond acceptors (Lipinski definition) is 5. The molecule has 0 bridgehead atoms. The number of nitrogens with zero attached hydrogens (tertiary/aromatic N) is 2. The van der Waals surface area contributed by atoms with Crippen molar-refractivity contribution in [3.63, 3.8) is 0 Å². The Morgan fingerprint density at radius 3 is 2.33 bits per heavy atom. The van der Waals surface area contributed by atoms with Crippen LogP contribution >= 0.6 is 0 Å². The van der Waals surface area contributed by atoms with Crippen LogP contribution in [0.4, 0.5) is 0 Å². The average molecular weight is 90.0 g/mol. The van der Waals surface area contributed by atoms with Gasteiger partial charge in [-0.05, 0) is 5.23 Å². The quantitative estimate of drug-likeness (QED) is 0.197. The van der Waals surface area contributed by atoms with Gasteiger partial charge in [0.2, 0.25) is 6.19 Å². The van der Waals surface area contributed by atoms with Gasteiger partial charge in [-0.2, -0.15) is 5.26 Å². The molecule has 0 amide bonds. The Kier molecular flexibility index (Phi) is 2.08. The Hall–Kier alpha value is -0.830. The fourth-order valence-corrected chi connectivity index (χ4v) is 0.0183. The molecule has 5 nitrogen and oxygen atoms in total. The van der Waals surface area contributed by atoms with Gasteiger partial charge in [-0.15, -0.1) is 0 Å². The van der Waals surface area contributed by atoms with Gasteiger partial charge >= 0.3 is 0 Å². The minimum absolute atomic E-state index is 0.389. The number of hydrogen-bond donors (Lipinski definition) is 2. The summed E-state index contributed by atoms with van der Waals surface area (Å²) in [5, 5.41) is 22.0. The molecule has 2 N–H and O–H groups in total. The van der Waals surface area contributed by atoms with Crippen molar-refractivity contribution in [2.75, 3.05) is 0 Å². The summed E-state index contributed by atoms with van der Waals surface area (Å²) < 4.78 is 0. The summed E-state index contributed by atoms with van der Waals surface area (Å²) in [6.45, 7) is 0. The number of nitriles is 1. The van der Waals surface area contributed by atoms with Gasteiger partial charge in [-0.25, -0.2) is 5.26 Å². The van der Waals surface area contributed by atoms with Gasteiger partial charge < -0.3 is 0 Å². The second kappa shape index (κ2) is 2.41. The fraction of sp³-hybridized carbons (Fsp3) is 0. The third-order valence-electron chi connectivity index (χ3n) is 0.163. The van der Waals surface area contributed by atoms with Crippen LogP contribution in [0.25, 0.3) is 0 Å². The average Bonchev–Trinajstić information content (AvgIpc) is 1.65. The van der Waals surface area contributed by atoms with Crippen LogP contribution in [0.5, 0.6) is 0 Å². The van der Waals surface area contributed by atoms with Gasteiger partial charge in [-0.3, -0.25) is 5.21 Å². The lowest BCUT2D eigenvalue weighted by Gasteiger charge is -1.92. The van der Waals surface area contributed by atoms with E-state index in [-0.39, 0.29) is 5.23 Å². The number of rotatable bonds is 1. The van der Waals surface area contributed by atoms with E-state index in [4.69, 9.17) is 15.7 Å². The zero-order valence-corrected chi connectivity index (χ0v) is 2.70. The van der Waals surface area contributed by atoms with E-state index < -0.39 is 0 Å². The Morgan fingerprint density at radius 2 is 2.33 bits per heavy atom. The molecule has 0 aromatic heterocycles. The molecule has 0 rings (SSSR count). The first-order valence-electron chi connectivity index (χ1n) is 1.01. The molecule has 0 heterocycles. The summed E-state index contributed by atoms with van der Waals surface area (Å²) in [5.74, 6) is 0. The highest BCUT2D eigenvalue weighted by molar-refractivity contribution is 4.49. The van der Waals surface area contributed by atoms with E-state index in [2.05, 4.69) is 4.99 Å². The SMILES string of the molecule is N#CN(O)OO. The smallest absolute Gasteiger partial charge is 0.237 e. The molecule has 34 valence electrons. The monoisotopic (exact) mass is 90.0 g/mol. The molecule has 0 saturated heterocycles. The van der Waals surface area contributed by atoms with Crippen molar-refractivity contribution < 1.29 is 15.5 Å². The zero-order chi connectivity index (χ0) is 4.99. The largest absolute Gasteiger partial charge is 0.253 e. The van der Waals surface area contributed by atoms with Crippen LogP contribution in [0.3, 0.4) is 0 Å². The molecule has 0 aliphatic carbocycles. The van der Waals surface area contributed by atoms with Crippen molar-refractivity contribution in [2.45, 2.75) is 0 Å². The minimum atomic E-state index is -0.389. The Labute approximate surface area is 33.4 Å². The third kappa shape index (κ3) is 1.49. The highest BCUT2D eigenvalue weighted by atomic mass is 17.2. The van der Waals surface area contributed by atoms with Crippen molar-refractivity contribution in [3.05, 3.63) is 0 Å². The van der Waals surface area contributed by atoms with Gasteiger partial charge in [0.1, 0.15) is 0 Å². The predicted octanol–water partition coefficient (Wildman–Crippen LogP) is -0.437. The van der Waals surface area contributed by atoms with Crippen LogP contribution in [-0.2, 0) is 4.99 Å². The van der Waals surface area contributed by atoms with Crippen LogP contribution in [0.1, 0.15) is 0 Å². The molecular formula is CH2N2O3. The lowest BCUT2D eigenvalue weighted by atomic mass is 11.4. The van der Waals surface area contributed by atoms with Crippen LogP contribution in [0.15, 0.2) is 0 Å². The maximum absolute atomic E-state index is 7.67. The van der Waals surface area contributed by atoms with Crippen molar-refractivity contribution in [1.29, 1.82) is 5.26 Å². The van der Waals surface area contributed by atoms with Gasteiger partial charge in [-0.1, -0.05) is 4.99 Å². The van der Waals surface area contributed by atoms with Crippen LogP contribution < -0.4 is 0 Å². The molecular weight excluding hydrogens is 88.0 g/mol. The second-order valence-electron chi connectivity index (χ2n) is 0.455. The second-order valence-corrected chi connectivity index (χ2v) is 0.455. The van der Waals surface area contributed by atoms with E-state index in [1.807, 2.05) is 0 Å². The molecule has 0 aliphatic heterocycles. The van der Waals surface area contributed by atoms with Crippen LogP contribution in [0.2, 0.25) is 0 Å². The first-order valence-corrected chi connectivity index (χ1v) is 1.01. The van der Waals surface area contributed by atoms with Gasteiger partial charge in [0.05, 0.1) is 0 Å². The molecule has 0 radical (unpaired) electrons. The van der Waals surface area contributed by atoms with E-state index >= 15 is 0 Å². The standard InChI is InChI=1S/CH2N2O3/c2-1-3(4)6-5/h4-5H. The van der Waals surface area contributed by atoms with Gasteiger partial charge in [0, 0.05) is 0 Å². The van der Waals surface area contributed by atoms with Gasteiger partial charge in [0.25, 0.3) is 0 Å². The predicted molar refractivity (Wildman–Crippen MR) is 13.0 cm³/mol.